The lowest BCUT2D eigenvalue weighted by Gasteiger charge is -2.11. The molecule has 1 aromatic heterocycles. The molecular formula is C12H12BrFN2O2S2. The Hall–Kier alpha value is -0.960. The lowest BCUT2D eigenvalue weighted by Crippen LogP contribution is -2.16. The predicted molar refractivity (Wildman–Crippen MR) is 81.9 cm³/mol. The van der Waals surface area contributed by atoms with Crippen LogP contribution in [0.2, 0.25) is 0 Å². The second-order valence-electron chi connectivity index (χ2n) is 4.10. The largest absolute Gasteiger partial charge is 0.326 e. The second kappa shape index (κ2) is 5.80. The Kier molecular flexibility index (Phi) is 4.48. The molecule has 0 atom stereocenters. The highest BCUT2D eigenvalue weighted by atomic mass is 79.9. The van der Waals surface area contributed by atoms with Gasteiger partial charge in [0, 0.05) is 15.9 Å². The summed E-state index contributed by atoms with van der Waals surface area (Å²) in [7, 11) is -3.80. The molecule has 2 rings (SSSR count). The molecular weight excluding hydrogens is 367 g/mol. The van der Waals surface area contributed by atoms with E-state index in [0.717, 1.165) is 6.07 Å². The summed E-state index contributed by atoms with van der Waals surface area (Å²) in [6.07, 6.45) is 0. The van der Waals surface area contributed by atoms with Crippen LogP contribution in [0.3, 0.4) is 0 Å². The van der Waals surface area contributed by atoms with Crippen LogP contribution in [-0.2, 0) is 16.6 Å². The van der Waals surface area contributed by atoms with Crippen molar-refractivity contribution in [2.24, 2.45) is 5.73 Å². The van der Waals surface area contributed by atoms with E-state index in [1.54, 1.807) is 12.3 Å². The zero-order valence-electron chi connectivity index (χ0n) is 10.5. The molecule has 0 aliphatic heterocycles. The Balaban J connectivity index is 2.46. The third-order valence-electron chi connectivity index (χ3n) is 2.62. The quantitative estimate of drug-likeness (QED) is 0.857. The monoisotopic (exact) mass is 378 g/mol. The molecule has 2 aromatic rings. The van der Waals surface area contributed by atoms with Gasteiger partial charge in [0.2, 0.25) is 0 Å². The average Bonchev–Trinajstić information content (AvgIpc) is 2.75. The molecule has 3 N–H and O–H groups in total. The van der Waals surface area contributed by atoms with Gasteiger partial charge in [-0.1, -0.05) is 0 Å². The van der Waals surface area contributed by atoms with Crippen molar-refractivity contribution in [3.05, 3.63) is 44.3 Å². The SMILES string of the molecule is Cc1csc(CN)c1S(=O)(=O)Nc1cc(F)ccc1Br. The van der Waals surface area contributed by atoms with E-state index in [1.165, 1.54) is 23.5 Å². The maximum absolute atomic E-state index is 13.2. The van der Waals surface area contributed by atoms with Crippen LogP contribution in [0.4, 0.5) is 10.1 Å². The van der Waals surface area contributed by atoms with Gasteiger partial charge >= 0.3 is 0 Å². The van der Waals surface area contributed by atoms with Gasteiger partial charge in [-0.15, -0.1) is 11.3 Å². The highest BCUT2D eigenvalue weighted by Gasteiger charge is 2.23. The molecule has 0 saturated carbocycles. The minimum atomic E-state index is -3.80. The van der Waals surface area contributed by atoms with Crippen molar-refractivity contribution in [1.82, 2.24) is 0 Å². The van der Waals surface area contributed by atoms with Gasteiger partial charge in [-0.25, -0.2) is 12.8 Å². The number of sulfonamides is 1. The predicted octanol–water partition coefficient (Wildman–Crippen LogP) is 3.22. The van der Waals surface area contributed by atoms with Crippen molar-refractivity contribution >= 4 is 43.0 Å². The second-order valence-corrected chi connectivity index (χ2v) is 7.54. The van der Waals surface area contributed by atoms with Gasteiger partial charge in [0.05, 0.1) is 5.69 Å². The molecule has 0 bridgehead atoms. The van der Waals surface area contributed by atoms with Crippen LogP contribution in [-0.4, -0.2) is 8.42 Å². The number of rotatable bonds is 4. The van der Waals surface area contributed by atoms with E-state index in [1.807, 2.05) is 0 Å². The van der Waals surface area contributed by atoms with E-state index in [0.29, 0.717) is 14.9 Å². The number of nitrogens with one attached hydrogen (secondary N) is 1. The topological polar surface area (TPSA) is 72.2 Å². The van der Waals surface area contributed by atoms with Crippen molar-refractivity contribution in [3.63, 3.8) is 0 Å². The number of anilines is 1. The first-order valence-electron chi connectivity index (χ1n) is 5.60. The molecule has 108 valence electrons. The maximum atomic E-state index is 13.2. The van der Waals surface area contributed by atoms with Gasteiger partial charge < -0.3 is 5.73 Å². The smallest absolute Gasteiger partial charge is 0.263 e. The molecule has 20 heavy (non-hydrogen) atoms. The molecule has 0 unspecified atom stereocenters. The lowest BCUT2D eigenvalue weighted by atomic mass is 10.3. The van der Waals surface area contributed by atoms with Crippen molar-refractivity contribution in [2.45, 2.75) is 18.4 Å². The molecule has 1 aromatic carbocycles. The molecule has 1 heterocycles. The number of aryl methyl sites for hydroxylation is 1. The number of halogens is 2. The Morgan fingerprint density at radius 1 is 1.45 bits per heavy atom. The Labute approximate surface area is 129 Å². The standard InChI is InChI=1S/C12H12BrFN2O2S2/c1-7-6-19-11(5-15)12(7)20(17,18)16-10-4-8(14)2-3-9(10)13/h2-4,6,16H,5,15H2,1H3. The molecule has 0 amide bonds. The van der Waals surface area contributed by atoms with E-state index in [9.17, 15) is 12.8 Å². The number of hydrogen-bond acceptors (Lipinski definition) is 4. The highest BCUT2D eigenvalue weighted by Crippen LogP contribution is 2.30. The summed E-state index contributed by atoms with van der Waals surface area (Å²) in [6, 6.07) is 3.80. The molecule has 4 nitrogen and oxygen atoms in total. The maximum Gasteiger partial charge on any atom is 0.263 e. The Bertz CT molecular complexity index is 744. The molecule has 0 saturated heterocycles. The van der Waals surface area contributed by atoms with Crippen LogP contribution in [0.25, 0.3) is 0 Å². The average molecular weight is 379 g/mol. The first-order valence-corrected chi connectivity index (χ1v) is 8.75. The Morgan fingerprint density at radius 2 is 2.15 bits per heavy atom. The molecule has 8 heteroatoms. The lowest BCUT2D eigenvalue weighted by molar-refractivity contribution is 0.600. The number of benzene rings is 1. The van der Waals surface area contributed by atoms with E-state index < -0.39 is 15.8 Å². The van der Waals surface area contributed by atoms with Gasteiger partial charge in [-0.05, 0) is 52.0 Å². The van der Waals surface area contributed by atoms with E-state index >= 15 is 0 Å². The van der Waals surface area contributed by atoms with Gasteiger partial charge in [0.25, 0.3) is 10.0 Å². The summed E-state index contributed by atoms with van der Waals surface area (Å²) in [5.74, 6) is -0.521. The number of nitrogens with two attached hydrogens (primary N) is 1. The highest BCUT2D eigenvalue weighted by molar-refractivity contribution is 9.10. The van der Waals surface area contributed by atoms with Crippen LogP contribution in [0.1, 0.15) is 10.4 Å². The van der Waals surface area contributed by atoms with Crippen LogP contribution in [0.5, 0.6) is 0 Å². The molecule has 0 spiro atoms. The summed E-state index contributed by atoms with van der Waals surface area (Å²) in [5, 5.41) is 1.73. The number of hydrogen-bond donors (Lipinski definition) is 2. The van der Waals surface area contributed by atoms with Gasteiger partial charge in [0.15, 0.2) is 0 Å². The molecule has 0 aliphatic carbocycles. The van der Waals surface area contributed by atoms with Gasteiger partial charge in [-0.2, -0.15) is 0 Å². The minimum absolute atomic E-state index is 0.138. The van der Waals surface area contributed by atoms with Crippen molar-refractivity contribution in [2.75, 3.05) is 4.72 Å². The summed E-state index contributed by atoms with van der Waals surface area (Å²) in [4.78, 5) is 0.740. The summed E-state index contributed by atoms with van der Waals surface area (Å²) >= 11 is 4.48. The van der Waals surface area contributed by atoms with Crippen molar-refractivity contribution < 1.29 is 12.8 Å². The Morgan fingerprint density at radius 3 is 2.80 bits per heavy atom. The van der Waals surface area contributed by atoms with Crippen molar-refractivity contribution in [1.29, 1.82) is 0 Å². The van der Waals surface area contributed by atoms with Crippen LogP contribution in [0, 0.1) is 12.7 Å². The van der Waals surface area contributed by atoms with Crippen LogP contribution < -0.4 is 10.5 Å². The number of thiophene rings is 1. The van der Waals surface area contributed by atoms with Crippen molar-refractivity contribution in [3.8, 4) is 0 Å². The first-order chi connectivity index (χ1) is 9.35. The fourth-order valence-corrected chi connectivity index (χ4v) is 5.01. The zero-order valence-corrected chi connectivity index (χ0v) is 13.7. The summed E-state index contributed by atoms with van der Waals surface area (Å²) in [6.45, 7) is 1.84. The van der Waals surface area contributed by atoms with Gasteiger partial charge in [-0.3, -0.25) is 4.72 Å². The third kappa shape index (κ3) is 3.03. The fraction of sp³-hybridized carbons (Fsp3) is 0.167. The molecule has 0 aliphatic rings. The van der Waals surface area contributed by atoms with E-state index in [2.05, 4.69) is 20.7 Å². The van der Waals surface area contributed by atoms with Crippen LogP contribution >= 0.6 is 27.3 Å². The summed E-state index contributed by atoms with van der Waals surface area (Å²) < 4.78 is 40.9. The minimum Gasteiger partial charge on any atom is -0.326 e. The third-order valence-corrected chi connectivity index (χ3v) is 6.16. The van der Waals surface area contributed by atoms with E-state index in [4.69, 9.17) is 5.73 Å². The fourth-order valence-electron chi connectivity index (χ4n) is 1.76. The molecule has 0 fully saturated rings. The van der Waals surface area contributed by atoms with E-state index in [-0.39, 0.29) is 17.1 Å². The van der Waals surface area contributed by atoms with Gasteiger partial charge in [0.1, 0.15) is 10.7 Å². The zero-order chi connectivity index (χ0) is 14.9. The summed E-state index contributed by atoms with van der Waals surface area (Å²) in [5.41, 5.74) is 6.33. The first kappa shape index (κ1) is 15.4. The van der Waals surface area contributed by atoms with Crippen LogP contribution in [0.15, 0.2) is 32.9 Å². The molecule has 0 radical (unpaired) electrons. The normalized spacial score (nSPS) is 11.6.